The van der Waals surface area contributed by atoms with Gasteiger partial charge in [-0.3, -0.25) is 9.59 Å². The Balaban J connectivity index is 1.85. The van der Waals surface area contributed by atoms with Gasteiger partial charge in [0.25, 0.3) is 11.8 Å². The van der Waals surface area contributed by atoms with Crippen LogP contribution in [0.5, 0.6) is 0 Å². The summed E-state index contributed by atoms with van der Waals surface area (Å²) in [5, 5.41) is 2.58. The Kier molecular flexibility index (Phi) is 3.81. The summed E-state index contributed by atoms with van der Waals surface area (Å²) in [6.45, 7) is 4.65. The van der Waals surface area contributed by atoms with Crippen LogP contribution in [0, 0.1) is 6.92 Å². The standard InChI is InChI=1S/C16H20N4O3/c1-11-4-5-13-18-12(9-20(13)8-11)14(21)19-6-7-23-16(2,10-19)15(22)17-3/h4-5,8-9H,6-7,10H2,1-3H3,(H,17,22)/t16-/m0/s1. The van der Waals surface area contributed by atoms with E-state index in [4.69, 9.17) is 4.74 Å². The van der Waals surface area contributed by atoms with Crippen molar-refractivity contribution in [2.45, 2.75) is 19.4 Å². The van der Waals surface area contributed by atoms with E-state index in [1.165, 1.54) is 0 Å². The van der Waals surface area contributed by atoms with Crippen molar-refractivity contribution < 1.29 is 14.3 Å². The number of nitrogens with one attached hydrogen (secondary N) is 1. The van der Waals surface area contributed by atoms with Crippen LogP contribution in [0.3, 0.4) is 0 Å². The minimum absolute atomic E-state index is 0.190. The molecule has 2 aromatic heterocycles. The molecule has 7 heteroatoms. The summed E-state index contributed by atoms with van der Waals surface area (Å²) < 4.78 is 7.41. The molecule has 1 aliphatic rings. The first-order valence-electron chi connectivity index (χ1n) is 7.54. The number of aryl methyl sites for hydroxylation is 1. The largest absolute Gasteiger partial charge is 0.362 e. The summed E-state index contributed by atoms with van der Waals surface area (Å²) in [5.74, 6) is -0.426. The zero-order chi connectivity index (χ0) is 16.6. The number of fused-ring (bicyclic) bond motifs is 1. The van der Waals surface area contributed by atoms with Gasteiger partial charge in [0.15, 0.2) is 5.60 Å². The van der Waals surface area contributed by atoms with Gasteiger partial charge in [-0.15, -0.1) is 0 Å². The molecule has 1 atom stereocenters. The third-order valence-corrected chi connectivity index (χ3v) is 4.09. The maximum atomic E-state index is 12.7. The molecule has 0 aromatic carbocycles. The molecular formula is C16H20N4O3. The molecule has 0 radical (unpaired) electrons. The molecule has 23 heavy (non-hydrogen) atoms. The molecule has 0 bridgehead atoms. The molecule has 1 aliphatic heterocycles. The normalized spacial score (nSPS) is 21.4. The van der Waals surface area contributed by atoms with E-state index in [9.17, 15) is 9.59 Å². The molecule has 1 fully saturated rings. The van der Waals surface area contributed by atoms with Gasteiger partial charge >= 0.3 is 0 Å². The molecule has 0 saturated carbocycles. The number of likely N-dealkylation sites (N-methyl/N-ethyl adjacent to an activating group) is 1. The van der Waals surface area contributed by atoms with Crippen LogP contribution in [-0.4, -0.2) is 58.4 Å². The third-order valence-electron chi connectivity index (χ3n) is 4.09. The van der Waals surface area contributed by atoms with Gasteiger partial charge in [-0.2, -0.15) is 0 Å². The molecular weight excluding hydrogens is 296 g/mol. The number of rotatable bonds is 2. The van der Waals surface area contributed by atoms with E-state index < -0.39 is 5.60 Å². The average molecular weight is 316 g/mol. The summed E-state index contributed by atoms with van der Waals surface area (Å²) in [5.41, 5.74) is 1.16. The zero-order valence-electron chi connectivity index (χ0n) is 13.5. The zero-order valence-corrected chi connectivity index (χ0v) is 13.5. The van der Waals surface area contributed by atoms with Crippen molar-refractivity contribution in [2.24, 2.45) is 0 Å². The van der Waals surface area contributed by atoms with E-state index in [-0.39, 0.29) is 18.4 Å². The predicted molar refractivity (Wildman–Crippen MR) is 84.3 cm³/mol. The Morgan fingerprint density at radius 3 is 2.87 bits per heavy atom. The topological polar surface area (TPSA) is 75.9 Å². The van der Waals surface area contributed by atoms with E-state index in [0.29, 0.717) is 18.8 Å². The van der Waals surface area contributed by atoms with Crippen LogP contribution in [0.25, 0.3) is 5.65 Å². The van der Waals surface area contributed by atoms with Gasteiger partial charge in [0, 0.05) is 26.0 Å². The maximum absolute atomic E-state index is 12.7. The summed E-state index contributed by atoms with van der Waals surface area (Å²) in [7, 11) is 1.56. The van der Waals surface area contributed by atoms with Crippen molar-refractivity contribution in [2.75, 3.05) is 26.7 Å². The fraction of sp³-hybridized carbons (Fsp3) is 0.438. The van der Waals surface area contributed by atoms with E-state index in [0.717, 1.165) is 11.2 Å². The highest BCUT2D eigenvalue weighted by atomic mass is 16.5. The van der Waals surface area contributed by atoms with Crippen LogP contribution >= 0.6 is 0 Å². The Morgan fingerprint density at radius 2 is 2.13 bits per heavy atom. The lowest BCUT2D eigenvalue weighted by Crippen LogP contribution is -2.58. The number of hydrogen-bond acceptors (Lipinski definition) is 4. The first-order chi connectivity index (χ1) is 10.9. The van der Waals surface area contributed by atoms with Crippen LogP contribution in [0.15, 0.2) is 24.5 Å². The van der Waals surface area contributed by atoms with Crippen molar-refractivity contribution in [1.82, 2.24) is 19.6 Å². The number of imidazole rings is 1. The molecule has 0 unspecified atom stereocenters. The van der Waals surface area contributed by atoms with E-state index in [2.05, 4.69) is 10.3 Å². The molecule has 1 N–H and O–H groups in total. The Hall–Kier alpha value is -2.41. The number of nitrogens with zero attached hydrogens (tertiary/aromatic N) is 3. The van der Waals surface area contributed by atoms with Gasteiger partial charge in [-0.25, -0.2) is 4.98 Å². The second-order valence-corrected chi connectivity index (χ2v) is 5.98. The van der Waals surface area contributed by atoms with Crippen LogP contribution in [0.4, 0.5) is 0 Å². The van der Waals surface area contributed by atoms with Gasteiger partial charge in [0.1, 0.15) is 11.3 Å². The number of aromatic nitrogens is 2. The lowest BCUT2D eigenvalue weighted by Gasteiger charge is -2.38. The number of carbonyl (C=O) groups is 2. The first-order valence-corrected chi connectivity index (χ1v) is 7.54. The molecule has 3 rings (SSSR count). The quantitative estimate of drug-likeness (QED) is 0.881. The molecule has 122 valence electrons. The Morgan fingerprint density at radius 1 is 1.35 bits per heavy atom. The molecule has 0 spiro atoms. The summed E-state index contributed by atoms with van der Waals surface area (Å²) in [4.78, 5) is 30.7. The minimum atomic E-state index is -1.03. The number of hydrogen-bond donors (Lipinski definition) is 1. The van der Waals surface area contributed by atoms with Crippen LogP contribution in [0.2, 0.25) is 0 Å². The third kappa shape index (κ3) is 2.79. The Bertz CT molecular complexity index is 770. The fourth-order valence-electron chi connectivity index (χ4n) is 2.81. The Labute approximate surface area is 134 Å². The van der Waals surface area contributed by atoms with Crippen molar-refractivity contribution in [3.63, 3.8) is 0 Å². The number of ether oxygens (including phenoxy) is 1. The lowest BCUT2D eigenvalue weighted by atomic mass is 10.0. The fourth-order valence-corrected chi connectivity index (χ4v) is 2.81. The highest BCUT2D eigenvalue weighted by molar-refractivity contribution is 5.94. The van der Waals surface area contributed by atoms with Gasteiger partial charge in [0.2, 0.25) is 0 Å². The number of carbonyl (C=O) groups excluding carboxylic acids is 2. The van der Waals surface area contributed by atoms with E-state index in [1.807, 2.05) is 29.7 Å². The average Bonchev–Trinajstić information content (AvgIpc) is 2.96. The van der Waals surface area contributed by atoms with Gasteiger partial charge in [0.05, 0.1) is 13.2 Å². The summed E-state index contributed by atoms with van der Waals surface area (Å²) in [6.07, 6.45) is 3.64. The van der Waals surface area contributed by atoms with E-state index in [1.54, 1.807) is 25.1 Å². The number of amides is 2. The second-order valence-electron chi connectivity index (χ2n) is 5.98. The monoisotopic (exact) mass is 316 g/mol. The highest BCUT2D eigenvalue weighted by Gasteiger charge is 2.40. The predicted octanol–water partition coefficient (Wildman–Crippen LogP) is 0.620. The molecule has 2 aromatic rings. The van der Waals surface area contributed by atoms with Crippen molar-refractivity contribution in [3.8, 4) is 0 Å². The number of pyridine rings is 1. The van der Waals surface area contributed by atoms with Crippen LogP contribution in [-0.2, 0) is 9.53 Å². The molecule has 2 amide bonds. The summed E-state index contributed by atoms with van der Waals surface area (Å²) in [6, 6.07) is 3.83. The second kappa shape index (κ2) is 5.66. The van der Waals surface area contributed by atoms with Gasteiger partial charge in [-0.05, 0) is 25.5 Å². The van der Waals surface area contributed by atoms with Gasteiger partial charge < -0.3 is 19.4 Å². The van der Waals surface area contributed by atoms with Crippen molar-refractivity contribution in [1.29, 1.82) is 0 Å². The first kappa shape index (κ1) is 15.5. The van der Waals surface area contributed by atoms with Crippen LogP contribution < -0.4 is 5.32 Å². The molecule has 0 aliphatic carbocycles. The SMILES string of the molecule is CNC(=O)[C@]1(C)CN(C(=O)c2cn3cc(C)ccc3n2)CCO1. The molecule has 1 saturated heterocycles. The maximum Gasteiger partial charge on any atom is 0.274 e. The van der Waals surface area contributed by atoms with E-state index >= 15 is 0 Å². The van der Waals surface area contributed by atoms with Crippen molar-refractivity contribution >= 4 is 17.5 Å². The molecule has 3 heterocycles. The number of morpholine rings is 1. The lowest BCUT2D eigenvalue weighted by molar-refractivity contribution is -0.153. The smallest absolute Gasteiger partial charge is 0.274 e. The summed E-state index contributed by atoms with van der Waals surface area (Å²) >= 11 is 0. The van der Waals surface area contributed by atoms with Gasteiger partial charge in [-0.1, -0.05) is 6.07 Å². The van der Waals surface area contributed by atoms with Crippen molar-refractivity contribution in [3.05, 3.63) is 35.8 Å². The van der Waals surface area contributed by atoms with Crippen LogP contribution in [0.1, 0.15) is 23.0 Å². The minimum Gasteiger partial charge on any atom is -0.362 e. The highest BCUT2D eigenvalue weighted by Crippen LogP contribution is 2.20. The molecule has 7 nitrogen and oxygen atoms in total.